The van der Waals surface area contributed by atoms with E-state index < -0.39 is 11.9 Å². The number of nitrogens with one attached hydrogen (secondary N) is 1. The zero-order chi connectivity index (χ0) is 11.8. The van der Waals surface area contributed by atoms with Gasteiger partial charge >= 0.3 is 0 Å². The van der Waals surface area contributed by atoms with E-state index in [0.29, 0.717) is 0 Å². The summed E-state index contributed by atoms with van der Waals surface area (Å²) >= 11 is 0. The normalized spacial score (nSPS) is 9.44. The number of carbonyl (C=O) groups excluding carboxylic acids is 1. The molecular weight excluding hydrogens is 206 g/mol. The van der Waals surface area contributed by atoms with Gasteiger partial charge in [0.05, 0.1) is 19.3 Å². The Morgan fingerprint density at radius 2 is 1.88 bits per heavy atom. The van der Waals surface area contributed by atoms with Crippen molar-refractivity contribution in [3.8, 4) is 11.8 Å². The molecule has 4 heteroatoms. The highest BCUT2D eigenvalue weighted by Gasteiger charge is 2.06. The molecule has 0 aliphatic heterocycles. The van der Waals surface area contributed by atoms with E-state index >= 15 is 0 Å². The highest BCUT2D eigenvalue weighted by molar-refractivity contribution is 5.94. The minimum absolute atomic E-state index is 0.310. The zero-order valence-electron chi connectivity index (χ0n) is 8.68. The highest BCUT2D eigenvalue weighted by atomic mass is 16.3. The van der Waals surface area contributed by atoms with E-state index in [0.717, 1.165) is 5.56 Å². The number of aliphatic hydroxyl groups is 2. The van der Waals surface area contributed by atoms with Gasteiger partial charge in [0.2, 0.25) is 0 Å². The summed E-state index contributed by atoms with van der Waals surface area (Å²) in [5.74, 6) is 4.53. The molecule has 16 heavy (non-hydrogen) atoms. The van der Waals surface area contributed by atoms with Crippen LogP contribution in [0.3, 0.4) is 0 Å². The Kier molecular flexibility index (Phi) is 5.06. The third-order valence-corrected chi connectivity index (χ3v) is 1.87. The molecule has 1 rings (SSSR count). The molecule has 1 aromatic rings. The molecule has 0 radical (unpaired) electrons. The largest absolute Gasteiger partial charge is 0.394 e. The smallest absolute Gasteiger partial charge is 0.296 e. The lowest BCUT2D eigenvalue weighted by atomic mass is 10.2. The number of carbonyl (C=O) groups is 1. The number of hydrogen-bond acceptors (Lipinski definition) is 3. The second-order valence-corrected chi connectivity index (χ2v) is 3.15. The molecule has 0 bridgehead atoms. The molecule has 0 atom stereocenters. The average Bonchev–Trinajstić information content (AvgIpc) is 2.34. The maximum Gasteiger partial charge on any atom is 0.296 e. The second-order valence-electron chi connectivity index (χ2n) is 3.15. The maximum atomic E-state index is 11.2. The van der Waals surface area contributed by atoms with Crippen LogP contribution in [0.15, 0.2) is 30.3 Å². The predicted octanol–water partition coefficient (Wildman–Crippen LogP) is -0.493. The molecular formula is C12H13NO3. The average molecular weight is 219 g/mol. The van der Waals surface area contributed by atoms with Gasteiger partial charge in [-0.2, -0.15) is 0 Å². The Morgan fingerprint density at radius 1 is 1.25 bits per heavy atom. The van der Waals surface area contributed by atoms with Gasteiger partial charge in [0, 0.05) is 11.5 Å². The summed E-state index contributed by atoms with van der Waals surface area (Å²) in [7, 11) is 0. The Bertz CT molecular complexity index is 388. The number of benzene rings is 1. The topological polar surface area (TPSA) is 69.6 Å². The first kappa shape index (κ1) is 12.2. The summed E-state index contributed by atoms with van der Waals surface area (Å²) in [6, 6.07) is 8.43. The van der Waals surface area contributed by atoms with Crippen LogP contribution in [0.5, 0.6) is 0 Å². The van der Waals surface area contributed by atoms with Gasteiger partial charge in [-0.25, -0.2) is 0 Å². The molecule has 0 unspecified atom stereocenters. The van der Waals surface area contributed by atoms with Crippen molar-refractivity contribution in [3.63, 3.8) is 0 Å². The summed E-state index contributed by atoms with van der Waals surface area (Å²) < 4.78 is 0. The van der Waals surface area contributed by atoms with Crippen molar-refractivity contribution in [3.05, 3.63) is 35.9 Å². The fraction of sp³-hybridized carbons (Fsp3) is 0.250. The summed E-state index contributed by atoms with van der Waals surface area (Å²) in [4.78, 5) is 11.2. The fourth-order valence-electron chi connectivity index (χ4n) is 1.02. The number of hydrogen-bond donors (Lipinski definition) is 3. The van der Waals surface area contributed by atoms with Crippen LogP contribution >= 0.6 is 0 Å². The van der Waals surface area contributed by atoms with E-state index in [1.165, 1.54) is 0 Å². The van der Waals surface area contributed by atoms with E-state index in [1.807, 2.05) is 18.2 Å². The molecule has 84 valence electrons. The van der Waals surface area contributed by atoms with Gasteiger partial charge in [-0.15, -0.1) is 0 Å². The Morgan fingerprint density at radius 3 is 2.44 bits per heavy atom. The first-order valence-electron chi connectivity index (χ1n) is 4.85. The van der Waals surface area contributed by atoms with E-state index in [-0.39, 0.29) is 13.2 Å². The lowest BCUT2D eigenvalue weighted by Crippen LogP contribution is -2.39. The van der Waals surface area contributed by atoms with E-state index in [2.05, 4.69) is 17.2 Å². The quantitative estimate of drug-likeness (QED) is 0.601. The predicted molar refractivity (Wildman–Crippen MR) is 59.4 cm³/mol. The van der Waals surface area contributed by atoms with Crippen molar-refractivity contribution in [1.29, 1.82) is 0 Å². The van der Waals surface area contributed by atoms with Crippen molar-refractivity contribution in [2.75, 3.05) is 13.2 Å². The molecule has 0 aliphatic rings. The van der Waals surface area contributed by atoms with Gasteiger partial charge in [-0.3, -0.25) is 4.79 Å². The van der Waals surface area contributed by atoms with Crippen LogP contribution in [0.4, 0.5) is 0 Å². The molecule has 4 nitrogen and oxygen atoms in total. The number of aliphatic hydroxyl groups excluding tert-OH is 2. The van der Waals surface area contributed by atoms with Crippen LogP contribution in [-0.4, -0.2) is 35.4 Å². The fourth-order valence-corrected chi connectivity index (χ4v) is 1.02. The van der Waals surface area contributed by atoms with Gasteiger partial charge in [0.1, 0.15) is 0 Å². The monoisotopic (exact) mass is 219 g/mol. The molecule has 0 heterocycles. The Hall–Kier alpha value is -1.83. The molecule has 0 saturated heterocycles. The lowest BCUT2D eigenvalue weighted by Gasteiger charge is -2.09. The summed E-state index contributed by atoms with van der Waals surface area (Å²) in [5.41, 5.74) is 0.738. The van der Waals surface area contributed by atoms with Crippen molar-refractivity contribution >= 4 is 5.91 Å². The molecule has 0 fully saturated rings. The van der Waals surface area contributed by atoms with Gasteiger partial charge in [-0.1, -0.05) is 24.1 Å². The second kappa shape index (κ2) is 6.62. The highest BCUT2D eigenvalue weighted by Crippen LogP contribution is 1.94. The molecule has 1 aromatic carbocycles. The van der Waals surface area contributed by atoms with Crippen molar-refractivity contribution in [2.45, 2.75) is 6.04 Å². The maximum absolute atomic E-state index is 11.2. The first-order chi connectivity index (χ1) is 7.76. The number of rotatable bonds is 3. The molecule has 0 aliphatic carbocycles. The van der Waals surface area contributed by atoms with Crippen LogP contribution in [0.1, 0.15) is 5.56 Å². The molecule has 1 amide bonds. The summed E-state index contributed by atoms with van der Waals surface area (Å²) in [6.07, 6.45) is 0. The Balaban J connectivity index is 2.55. The van der Waals surface area contributed by atoms with E-state index in [4.69, 9.17) is 10.2 Å². The number of amides is 1. The van der Waals surface area contributed by atoms with Crippen LogP contribution in [0.2, 0.25) is 0 Å². The summed E-state index contributed by atoms with van der Waals surface area (Å²) in [5, 5.41) is 19.8. The summed E-state index contributed by atoms with van der Waals surface area (Å²) in [6.45, 7) is -0.621. The van der Waals surface area contributed by atoms with E-state index in [9.17, 15) is 4.79 Å². The molecule has 3 N–H and O–H groups in total. The van der Waals surface area contributed by atoms with Gasteiger partial charge < -0.3 is 15.5 Å². The van der Waals surface area contributed by atoms with Crippen molar-refractivity contribution < 1.29 is 15.0 Å². The minimum Gasteiger partial charge on any atom is -0.394 e. The van der Waals surface area contributed by atoms with Gasteiger partial charge in [-0.05, 0) is 12.1 Å². The van der Waals surface area contributed by atoms with Crippen LogP contribution < -0.4 is 5.32 Å². The van der Waals surface area contributed by atoms with Crippen LogP contribution in [0.25, 0.3) is 0 Å². The first-order valence-corrected chi connectivity index (χ1v) is 4.85. The zero-order valence-corrected chi connectivity index (χ0v) is 8.68. The van der Waals surface area contributed by atoms with Crippen LogP contribution in [-0.2, 0) is 4.79 Å². The van der Waals surface area contributed by atoms with Gasteiger partial charge in [0.25, 0.3) is 5.91 Å². The van der Waals surface area contributed by atoms with Crippen molar-refractivity contribution in [1.82, 2.24) is 5.32 Å². The minimum atomic E-state index is -0.655. The molecule has 0 saturated carbocycles. The van der Waals surface area contributed by atoms with Crippen molar-refractivity contribution in [2.24, 2.45) is 0 Å². The molecule has 0 spiro atoms. The van der Waals surface area contributed by atoms with Gasteiger partial charge in [0.15, 0.2) is 0 Å². The standard InChI is InChI=1S/C12H13NO3/c14-8-11(9-15)13-12(16)7-6-10-4-2-1-3-5-10/h1-5,11,14-15H,8-9H2,(H,13,16). The Labute approximate surface area is 93.9 Å². The third kappa shape index (κ3) is 4.13. The van der Waals surface area contributed by atoms with E-state index in [1.54, 1.807) is 12.1 Å². The molecule has 0 aromatic heterocycles. The lowest BCUT2D eigenvalue weighted by molar-refractivity contribution is -0.117. The van der Waals surface area contributed by atoms with Crippen LogP contribution in [0, 0.1) is 11.8 Å². The SMILES string of the molecule is O=C(C#Cc1ccccc1)NC(CO)CO. The third-order valence-electron chi connectivity index (χ3n) is 1.87.